The van der Waals surface area contributed by atoms with Gasteiger partial charge in [0.2, 0.25) is 0 Å². The number of benzene rings is 2. The molecule has 1 fully saturated rings. The number of rotatable bonds is 8. The van der Waals surface area contributed by atoms with E-state index in [1.54, 1.807) is 24.3 Å². The van der Waals surface area contributed by atoms with Gasteiger partial charge in [-0.3, -0.25) is 4.68 Å². The third kappa shape index (κ3) is 6.77. The number of aliphatic hydroxyl groups excluding tert-OH is 1. The van der Waals surface area contributed by atoms with Gasteiger partial charge in [0.05, 0.1) is 24.4 Å². The van der Waals surface area contributed by atoms with Gasteiger partial charge in [-0.05, 0) is 43.0 Å². The van der Waals surface area contributed by atoms with Crippen molar-refractivity contribution in [1.82, 2.24) is 20.3 Å². The van der Waals surface area contributed by atoms with Crippen LogP contribution in [-0.4, -0.2) is 51.0 Å². The van der Waals surface area contributed by atoms with Crippen molar-refractivity contribution < 1.29 is 14.6 Å². The Bertz CT molecular complexity index is 1050. The largest absolute Gasteiger partial charge is 0.394 e. The zero-order valence-corrected chi connectivity index (χ0v) is 19.0. The molecule has 1 aliphatic heterocycles. The lowest BCUT2D eigenvalue weighted by atomic mass is 9.97. The first kappa shape index (κ1) is 23.2. The van der Waals surface area contributed by atoms with Crippen molar-refractivity contribution in [3.05, 3.63) is 77.1 Å². The van der Waals surface area contributed by atoms with Gasteiger partial charge in [-0.2, -0.15) is 0 Å². The van der Waals surface area contributed by atoms with Crippen LogP contribution in [0.3, 0.4) is 0 Å². The first-order valence-electron chi connectivity index (χ1n) is 11.1. The number of ether oxygens (including phenoxy) is 1. The van der Waals surface area contributed by atoms with Crippen LogP contribution in [0.5, 0.6) is 0 Å². The molecule has 2 heterocycles. The smallest absolute Gasteiger partial charge is 0.319 e. The Kier molecular flexibility index (Phi) is 7.93. The van der Waals surface area contributed by atoms with E-state index in [1.165, 1.54) is 5.56 Å². The molecular weight excluding hydrogens is 442 g/mol. The van der Waals surface area contributed by atoms with Crippen LogP contribution in [0.25, 0.3) is 0 Å². The van der Waals surface area contributed by atoms with Crippen LogP contribution in [-0.2, 0) is 17.7 Å². The summed E-state index contributed by atoms with van der Waals surface area (Å²) in [7, 11) is 0. The Morgan fingerprint density at radius 3 is 2.82 bits per heavy atom. The summed E-state index contributed by atoms with van der Waals surface area (Å²) in [6.07, 6.45) is 4.49. The van der Waals surface area contributed by atoms with Crippen molar-refractivity contribution in [1.29, 1.82) is 0 Å². The lowest BCUT2D eigenvalue weighted by Gasteiger charge is -2.36. The molecule has 0 saturated carbocycles. The zero-order valence-electron chi connectivity index (χ0n) is 18.2. The van der Waals surface area contributed by atoms with E-state index >= 15 is 0 Å². The maximum Gasteiger partial charge on any atom is 0.319 e. The molecule has 0 unspecified atom stereocenters. The molecule has 1 aliphatic rings. The number of aliphatic hydroxyl groups is 1. The number of halogens is 1. The predicted octanol–water partition coefficient (Wildman–Crippen LogP) is 3.64. The quantitative estimate of drug-likeness (QED) is 0.467. The predicted molar refractivity (Wildman–Crippen MR) is 126 cm³/mol. The average molecular weight is 470 g/mol. The number of hydrogen-bond acceptors (Lipinski definition) is 5. The number of nitrogens with one attached hydrogen (secondary N) is 2. The summed E-state index contributed by atoms with van der Waals surface area (Å²) in [5.74, 6) is 0. The van der Waals surface area contributed by atoms with Crippen molar-refractivity contribution in [2.45, 2.75) is 50.5 Å². The highest BCUT2D eigenvalue weighted by molar-refractivity contribution is 6.30. The SMILES string of the molecule is O=C(Nc1cccc(Cl)c1)N[C@@H]1CC[C@H](CCn2cc(Cc3ccccc3)nn2)O[C@@H]1CO. The number of urea groups is 1. The normalized spacial score (nSPS) is 20.4. The molecule has 0 radical (unpaired) electrons. The van der Waals surface area contributed by atoms with Crippen LogP contribution in [0.15, 0.2) is 60.8 Å². The highest BCUT2D eigenvalue weighted by Crippen LogP contribution is 2.23. The summed E-state index contributed by atoms with van der Waals surface area (Å²) in [4.78, 5) is 12.4. The highest BCUT2D eigenvalue weighted by Gasteiger charge is 2.31. The van der Waals surface area contributed by atoms with Crippen molar-refractivity contribution >= 4 is 23.3 Å². The minimum absolute atomic E-state index is 0.0158. The fraction of sp³-hybridized carbons (Fsp3) is 0.375. The van der Waals surface area contributed by atoms with Gasteiger partial charge in [0, 0.05) is 29.9 Å². The Morgan fingerprint density at radius 2 is 2.03 bits per heavy atom. The molecule has 4 rings (SSSR count). The van der Waals surface area contributed by atoms with Gasteiger partial charge in [0.15, 0.2) is 0 Å². The van der Waals surface area contributed by atoms with Crippen molar-refractivity contribution in [3.8, 4) is 0 Å². The maximum atomic E-state index is 12.4. The number of aryl methyl sites for hydroxylation is 1. The molecular formula is C24H28ClN5O3. The van der Waals surface area contributed by atoms with E-state index in [0.29, 0.717) is 17.3 Å². The number of anilines is 1. The summed E-state index contributed by atoms with van der Waals surface area (Å²) in [6, 6.07) is 16.5. The van der Waals surface area contributed by atoms with E-state index in [0.717, 1.165) is 31.4 Å². The Morgan fingerprint density at radius 1 is 1.18 bits per heavy atom. The van der Waals surface area contributed by atoms with Gasteiger partial charge in [-0.25, -0.2) is 4.79 Å². The first-order valence-corrected chi connectivity index (χ1v) is 11.5. The molecule has 1 saturated heterocycles. The monoisotopic (exact) mass is 469 g/mol. The standard InChI is InChI=1S/C24H28ClN5O3/c25-18-7-4-8-19(14-18)26-24(32)27-22-10-9-21(33-23(22)16-31)11-12-30-15-20(28-29-30)13-17-5-2-1-3-6-17/h1-8,14-15,21-23,31H,9-13,16H2,(H2,26,27,32)/t21-,22-,23-/m1/s1. The lowest BCUT2D eigenvalue weighted by molar-refractivity contribution is -0.0905. The van der Waals surface area contributed by atoms with E-state index in [-0.39, 0.29) is 24.8 Å². The molecule has 2 amide bonds. The lowest BCUT2D eigenvalue weighted by Crippen LogP contribution is -2.52. The Labute approximate surface area is 197 Å². The molecule has 174 valence electrons. The minimum atomic E-state index is -0.460. The second-order valence-corrected chi connectivity index (χ2v) is 8.63. The van der Waals surface area contributed by atoms with E-state index < -0.39 is 6.10 Å². The molecule has 0 aliphatic carbocycles. The van der Waals surface area contributed by atoms with Gasteiger partial charge in [0.1, 0.15) is 6.10 Å². The third-order valence-electron chi connectivity index (χ3n) is 5.69. The maximum absolute atomic E-state index is 12.4. The molecule has 33 heavy (non-hydrogen) atoms. The highest BCUT2D eigenvalue weighted by atomic mass is 35.5. The van der Waals surface area contributed by atoms with Crippen LogP contribution in [0.1, 0.15) is 30.5 Å². The fourth-order valence-electron chi connectivity index (χ4n) is 4.02. The number of hydrogen-bond donors (Lipinski definition) is 3. The molecule has 1 aromatic heterocycles. The van der Waals surface area contributed by atoms with Gasteiger partial charge in [0.25, 0.3) is 0 Å². The summed E-state index contributed by atoms with van der Waals surface area (Å²) in [5, 5.41) is 24.5. The van der Waals surface area contributed by atoms with Crippen molar-refractivity contribution in [3.63, 3.8) is 0 Å². The van der Waals surface area contributed by atoms with Gasteiger partial charge >= 0.3 is 6.03 Å². The molecule has 3 aromatic rings. The second-order valence-electron chi connectivity index (χ2n) is 8.20. The summed E-state index contributed by atoms with van der Waals surface area (Å²) < 4.78 is 7.90. The summed E-state index contributed by atoms with van der Waals surface area (Å²) in [6.45, 7) is 0.515. The first-order chi connectivity index (χ1) is 16.1. The minimum Gasteiger partial charge on any atom is -0.394 e. The van der Waals surface area contributed by atoms with Crippen molar-refractivity contribution in [2.24, 2.45) is 0 Å². The molecule has 3 atom stereocenters. The van der Waals surface area contributed by atoms with Crippen molar-refractivity contribution in [2.75, 3.05) is 11.9 Å². The Balaban J connectivity index is 1.23. The van der Waals surface area contributed by atoms with Crippen LogP contribution in [0, 0.1) is 0 Å². The number of carbonyl (C=O) groups excluding carboxylic acids is 1. The summed E-state index contributed by atoms with van der Waals surface area (Å²) in [5.41, 5.74) is 2.73. The number of nitrogens with zero attached hydrogens (tertiary/aromatic N) is 3. The molecule has 8 nitrogen and oxygen atoms in total. The topological polar surface area (TPSA) is 101 Å². The zero-order chi connectivity index (χ0) is 23.0. The average Bonchev–Trinajstić information content (AvgIpc) is 3.26. The molecule has 0 spiro atoms. The summed E-state index contributed by atoms with van der Waals surface area (Å²) >= 11 is 5.96. The Hall–Kier alpha value is -2.94. The van der Waals surface area contributed by atoms with Gasteiger partial charge in [-0.15, -0.1) is 5.10 Å². The van der Waals surface area contributed by atoms with Gasteiger partial charge in [-0.1, -0.05) is 53.2 Å². The number of amides is 2. The van der Waals surface area contributed by atoms with Crippen LogP contribution >= 0.6 is 11.6 Å². The third-order valence-corrected chi connectivity index (χ3v) is 5.92. The molecule has 2 aromatic carbocycles. The van der Waals surface area contributed by atoms with Crippen LogP contribution in [0.2, 0.25) is 5.02 Å². The molecule has 0 bridgehead atoms. The van der Waals surface area contributed by atoms with Crippen LogP contribution < -0.4 is 10.6 Å². The molecule has 3 N–H and O–H groups in total. The van der Waals surface area contributed by atoms with E-state index in [4.69, 9.17) is 16.3 Å². The number of carbonyl (C=O) groups is 1. The second kappa shape index (κ2) is 11.3. The van der Waals surface area contributed by atoms with E-state index in [9.17, 15) is 9.90 Å². The fourth-order valence-corrected chi connectivity index (χ4v) is 4.21. The van der Waals surface area contributed by atoms with E-state index in [2.05, 4.69) is 33.1 Å². The van der Waals surface area contributed by atoms with E-state index in [1.807, 2.05) is 29.1 Å². The van der Waals surface area contributed by atoms with Gasteiger partial charge < -0.3 is 20.5 Å². The molecule has 9 heteroatoms. The van der Waals surface area contributed by atoms with Crippen LogP contribution in [0.4, 0.5) is 10.5 Å². The number of aromatic nitrogens is 3.